The minimum Gasteiger partial charge on any atom is -0.465 e. The largest absolute Gasteiger partial charge is 0.465 e. The minimum atomic E-state index is -0.635. The fourth-order valence-electron chi connectivity index (χ4n) is 1.99. The average Bonchev–Trinajstić information content (AvgIpc) is 3.17. The molecule has 0 saturated carbocycles. The van der Waals surface area contributed by atoms with Crippen LogP contribution in [0.15, 0.2) is 35.2 Å². The molecule has 1 amide bonds. The van der Waals surface area contributed by atoms with Crippen LogP contribution in [0, 0.1) is 0 Å². The van der Waals surface area contributed by atoms with E-state index < -0.39 is 11.9 Å². The second-order valence-electron chi connectivity index (χ2n) is 5.16. The van der Waals surface area contributed by atoms with Crippen molar-refractivity contribution in [2.24, 2.45) is 0 Å². The first-order valence-corrected chi connectivity index (χ1v) is 9.69. The minimum absolute atomic E-state index is 0.0755. The summed E-state index contributed by atoms with van der Waals surface area (Å²) in [5.41, 5.74) is 0.519. The molecule has 1 heterocycles. The quantitative estimate of drug-likeness (QED) is 0.357. The summed E-state index contributed by atoms with van der Waals surface area (Å²) in [6.45, 7) is 4.17. The van der Waals surface area contributed by atoms with Gasteiger partial charge in [0.15, 0.2) is 4.34 Å². The number of nitrogens with zero attached hydrogens (tertiary/aromatic N) is 2. The van der Waals surface area contributed by atoms with Crippen LogP contribution < -0.4 is 10.6 Å². The molecule has 0 aliphatic carbocycles. The van der Waals surface area contributed by atoms with Crippen LogP contribution in [0.4, 0.5) is 10.8 Å². The zero-order chi connectivity index (χ0) is 20.5. The number of hydrogen-bond donors (Lipinski definition) is 2. The molecule has 2 rings (SSSR count). The van der Waals surface area contributed by atoms with Crippen LogP contribution in [0.2, 0.25) is 0 Å². The molecule has 1 aromatic carbocycles. The van der Waals surface area contributed by atoms with Gasteiger partial charge in [-0.15, -0.1) is 16.8 Å². The second-order valence-corrected chi connectivity index (χ2v) is 7.36. The number of hydrogen-bond acceptors (Lipinski definition) is 10. The van der Waals surface area contributed by atoms with Crippen LogP contribution in [0.1, 0.15) is 20.7 Å². The number of amides is 1. The van der Waals surface area contributed by atoms with Gasteiger partial charge in [-0.05, 0) is 18.2 Å². The number of nitrogens with one attached hydrogen (secondary N) is 2. The van der Waals surface area contributed by atoms with E-state index in [1.54, 1.807) is 6.08 Å². The first-order valence-electron chi connectivity index (χ1n) is 7.89. The van der Waals surface area contributed by atoms with Gasteiger partial charge in [0.05, 0.1) is 31.1 Å². The maximum atomic E-state index is 12.2. The molecule has 0 unspecified atom stereocenters. The van der Waals surface area contributed by atoms with Crippen molar-refractivity contribution in [3.8, 4) is 0 Å². The molecule has 0 spiro atoms. The first-order chi connectivity index (χ1) is 13.5. The summed E-state index contributed by atoms with van der Waals surface area (Å²) >= 11 is 2.54. The standard InChI is InChI=1S/C17H18N4O5S2/c1-4-5-18-16-20-21-17(28-16)27-9-13(22)19-12-7-10(14(23)25-2)6-11(8-12)15(24)26-3/h4,6-8H,1,5,9H2,2-3H3,(H,18,20)(H,19,22). The lowest BCUT2D eigenvalue weighted by Crippen LogP contribution is -2.16. The Morgan fingerprint density at radius 2 is 1.79 bits per heavy atom. The van der Waals surface area contributed by atoms with Crippen molar-refractivity contribution in [3.05, 3.63) is 42.0 Å². The predicted octanol–water partition coefficient (Wildman–Crippen LogP) is 2.44. The molecule has 9 nitrogen and oxygen atoms in total. The Kier molecular flexibility index (Phi) is 7.96. The number of thioether (sulfide) groups is 1. The summed E-state index contributed by atoms with van der Waals surface area (Å²) in [5.74, 6) is -1.53. The molecular weight excluding hydrogens is 404 g/mol. The van der Waals surface area contributed by atoms with Gasteiger partial charge in [-0.25, -0.2) is 9.59 Å². The highest BCUT2D eigenvalue weighted by Gasteiger charge is 2.15. The Bertz CT molecular complexity index is 850. The van der Waals surface area contributed by atoms with E-state index in [2.05, 4.69) is 36.9 Å². The Morgan fingerprint density at radius 3 is 2.36 bits per heavy atom. The zero-order valence-electron chi connectivity index (χ0n) is 15.2. The lowest BCUT2D eigenvalue weighted by molar-refractivity contribution is -0.113. The fourth-order valence-corrected chi connectivity index (χ4v) is 3.55. The van der Waals surface area contributed by atoms with Crippen molar-refractivity contribution >= 4 is 51.8 Å². The van der Waals surface area contributed by atoms with Crippen molar-refractivity contribution in [2.45, 2.75) is 4.34 Å². The van der Waals surface area contributed by atoms with Crippen LogP contribution in [0.5, 0.6) is 0 Å². The third kappa shape index (κ3) is 6.06. The molecule has 0 atom stereocenters. The first kappa shape index (κ1) is 21.4. The van der Waals surface area contributed by atoms with Gasteiger partial charge in [-0.1, -0.05) is 29.2 Å². The molecule has 28 heavy (non-hydrogen) atoms. The summed E-state index contributed by atoms with van der Waals surface area (Å²) in [6.07, 6.45) is 1.70. The van der Waals surface area contributed by atoms with Gasteiger partial charge in [0.1, 0.15) is 0 Å². The van der Waals surface area contributed by atoms with Crippen molar-refractivity contribution in [1.82, 2.24) is 10.2 Å². The third-order valence-corrected chi connectivity index (χ3v) is 5.20. The van der Waals surface area contributed by atoms with Gasteiger partial charge in [0, 0.05) is 12.2 Å². The SMILES string of the molecule is C=CCNc1nnc(SCC(=O)Nc2cc(C(=O)OC)cc(C(=O)OC)c2)s1. The Hall–Kier alpha value is -2.92. The molecule has 1 aromatic heterocycles. The third-order valence-electron chi connectivity index (χ3n) is 3.19. The highest BCUT2D eigenvalue weighted by molar-refractivity contribution is 8.01. The summed E-state index contributed by atoms with van der Waals surface area (Å²) in [7, 11) is 2.45. The number of carbonyl (C=O) groups is 3. The van der Waals surface area contributed by atoms with Crippen molar-refractivity contribution in [3.63, 3.8) is 0 Å². The molecule has 0 aliphatic heterocycles. The normalized spacial score (nSPS) is 10.1. The van der Waals surface area contributed by atoms with Gasteiger partial charge in [-0.3, -0.25) is 4.79 Å². The van der Waals surface area contributed by atoms with Crippen LogP contribution in [0.3, 0.4) is 0 Å². The van der Waals surface area contributed by atoms with Crippen molar-refractivity contribution in [2.75, 3.05) is 37.2 Å². The highest BCUT2D eigenvalue weighted by Crippen LogP contribution is 2.25. The Balaban J connectivity index is 2.03. The smallest absolute Gasteiger partial charge is 0.337 e. The van der Waals surface area contributed by atoms with Gasteiger partial charge < -0.3 is 20.1 Å². The zero-order valence-corrected chi connectivity index (χ0v) is 16.8. The fraction of sp³-hybridized carbons (Fsp3) is 0.235. The van der Waals surface area contributed by atoms with Crippen molar-refractivity contribution in [1.29, 1.82) is 0 Å². The molecule has 2 aromatic rings. The molecule has 0 aliphatic rings. The Labute approximate surface area is 169 Å². The van der Waals surface area contributed by atoms with Crippen LogP contribution in [-0.4, -0.2) is 54.6 Å². The maximum absolute atomic E-state index is 12.2. The Morgan fingerprint density at radius 1 is 1.14 bits per heavy atom. The van der Waals surface area contributed by atoms with Crippen LogP contribution in [-0.2, 0) is 14.3 Å². The number of esters is 2. The van der Waals surface area contributed by atoms with Crippen molar-refractivity contribution < 1.29 is 23.9 Å². The van der Waals surface area contributed by atoms with E-state index in [4.69, 9.17) is 0 Å². The molecular formula is C17H18N4O5S2. The van der Waals surface area contributed by atoms with Gasteiger partial charge in [0.2, 0.25) is 11.0 Å². The monoisotopic (exact) mass is 422 g/mol. The lowest BCUT2D eigenvalue weighted by Gasteiger charge is -2.09. The number of ether oxygens (including phenoxy) is 2. The van der Waals surface area contributed by atoms with Gasteiger partial charge in [0.25, 0.3) is 0 Å². The summed E-state index contributed by atoms with van der Waals surface area (Å²) < 4.78 is 9.96. The summed E-state index contributed by atoms with van der Waals surface area (Å²) in [5, 5.41) is 14.2. The van der Waals surface area contributed by atoms with E-state index in [1.165, 1.54) is 55.5 Å². The number of carbonyl (C=O) groups excluding carboxylic acids is 3. The van der Waals surface area contributed by atoms with E-state index in [1.807, 2.05) is 0 Å². The van der Waals surface area contributed by atoms with Crippen LogP contribution in [0.25, 0.3) is 0 Å². The summed E-state index contributed by atoms with van der Waals surface area (Å²) in [4.78, 5) is 35.8. The van der Waals surface area contributed by atoms with Gasteiger partial charge >= 0.3 is 11.9 Å². The van der Waals surface area contributed by atoms with E-state index in [0.29, 0.717) is 16.0 Å². The highest BCUT2D eigenvalue weighted by atomic mass is 32.2. The van der Waals surface area contributed by atoms with Gasteiger partial charge in [-0.2, -0.15) is 0 Å². The predicted molar refractivity (Wildman–Crippen MR) is 107 cm³/mol. The lowest BCUT2D eigenvalue weighted by atomic mass is 10.1. The number of aromatic nitrogens is 2. The molecule has 0 radical (unpaired) electrons. The summed E-state index contributed by atoms with van der Waals surface area (Å²) in [6, 6.07) is 4.17. The van der Waals surface area contributed by atoms with E-state index >= 15 is 0 Å². The average molecular weight is 422 g/mol. The molecule has 148 valence electrons. The molecule has 0 bridgehead atoms. The van der Waals surface area contributed by atoms with E-state index in [9.17, 15) is 14.4 Å². The van der Waals surface area contributed by atoms with Crippen LogP contribution >= 0.6 is 23.1 Å². The second kappa shape index (κ2) is 10.4. The molecule has 0 fully saturated rings. The number of rotatable bonds is 9. The molecule has 0 saturated heterocycles. The number of benzene rings is 1. The van der Waals surface area contributed by atoms with E-state index in [-0.39, 0.29) is 28.5 Å². The topological polar surface area (TPSA) is 120 Å². The number of anilines is 2. The van der Waals surface area contributed by atoms with E-state index in [0.717, 1.165) is 0 Å². The maximum Gasteiger partial charge on any atom is 0.337 e. The number of methoxy groups -OCH3 is 2. The molecule has 2 N–H and O–H groups in total. The molecule has 11 heteroatoms.